The van der Waals surface area contributed by atoms with Gasteiger partial charge < -0.3 is 15.1 Å². The highest BCUT2D eigenvalue weighted by Gasteiger charge is 2.30. The number of thioether (sulfide) groups is 2. The van der Waals surface area contributed by atoms with Crippen LogP contribution >= 0.6 is 23.5 Å². The number of nitrogens with one attached hydrogen (secondary N) is 3. The van der Waals surface area contributed by atoms with Crippen LogP contribution in [0.25, 0.3) is 22.1 Å². The van der Waals surface area contributed by atoms with Gasteiger partial charge in [0.1, 0.15) is 5.58 Å². The zero-order chi connectivity index (χ0) is 26.2. The van der Waals surface area contributed by atoms with Gasteiger partial charge >= 0.3 is 0 Å². The van der Waals surface area contributed by atoms with Crippen molar-refractivity contribution in [2.45, 2.75) is 22.9 Å². The number of hydrogen-bond acceptors (Lipinski definition) is 8. The number of nitrogens with zero attached hydrogens (tertiary/aromatic N) is 1. The van der Waals surface area contributed by atoms with Crippen molar-refractivity contribution >= 4 is 40.4 Å². The molecule has 3 N–H and O–H groups in total. The smallest absolute Gasteiger partial charge is 0.238 e. The Morgan fingerprint density at radius 3 is 2.74 bits per heavy atom. The maximum atomic E-state index is 13.3. The van der Waals surface area contributed by atoms with Crippen LogP contribution in [0, 0.1) is 0 Å². The van der Waals surface area contributed by atoms with Crippen LogP contribution in [0.4, 0.5) is 0 Å². The zero-order valence-electron chi connectivity index (χ0n) is 20.9. The number of para-hydroxylation sites is 1. The minimum atomic E-state index is -0.197. The lowest BCUT2D eigenvalue weighted by Crippen LogP contribution is -2.44. The molecule has 2 aromatic heterocycles. The Kier molecular flexibility index (Phi) is 9.14. The van der Waals surface area contributed by atoms with Gasteiger partial charge in [-0.15, -0.1) is 11.8 Å². The molecule has 1 saturated heterocycles. The molecule has 2 aromatic carbocycles. The fourth-order valence-electron chi connectivity index (χ4n) is 4.31. The summed E-state index contributed by atoms with van der Waals surface area (Å²) in [6, 6.07) is 20.8. The van der Waals surface area contributed by atoms with Gasteiger partial charge in [0.15, 0.2) is 5.09 Å². The predicted octanol–water partition coefficient (Wildman–Crippen LogP) is 4.45. The number of aromatic nitrogens is 1. The molecule has 3 heterocycles. The van der Waals surface area contributed by atoms with Gasteiger partial charge in [-0.1, -0.05) is 60.3 Å². The monoisotopic (exact) mass is 546 g/mol. The topological polar surface area (TPSA) is 96.3 Å². The first kappa shape index (κ1) is 26.5. The average molecular weight is 547 g/mol. The molecule has 1 amide bonds. The third-order valence-corrected chi connectivity index (χ3v) is 8.56. The lowest BCUT2D eigenvalue weighted by Gasteiger charge is -2.14. The van der Waals surface area contributed by atoms with Gasteiger partial charge in [0.25, 0.3) is 0 Å². The van der Waals surface area contributed by atoms with Crippen LogP contribution < -0.4 is 21.4 Å². The number of rotatable bonds is 11. The summed E-state index contributed by atoms with van der Waals surface area (Å²) >= 11 is 3.29. The number of carbonyl (C=O) groups excluding carboxylic acids is 1. The summed E-state index contributed by atoms with van der Waals surface area (Å²) in [6.45, 7) is 2.08. The van der Waals surface area contributed by atoms with E-state index >= 15 is 0 Å². The third-order valence-electron chi connectivity index (χ3n) is 6.25. The highest BCUT2D eigenvalue weighted by molar-refractivity contribution is 7.99. The maximum absolute atomic E-state index is 13.3. The SMILES string of the molecule is O=C(NCCNCCCSc1oc2ccccc2c(=O)c1-c1ccccc1)C1CSC(c2cccnc2)N1. The van der Waals surface area contributed by atoms with E-state index in [0.717, 1.165) is 35.6 Å². The summed E-state index contributed by atoms with van der Waals surface area (Å²) in [5.41, 5.74) is 3.18. The molecule has 196 valence electrons. The first-order chi connectivity index (χ1) is 18.7. The lowest BCUT2D eigenvalue weighted by molar-refractivity contribution is -0.122. The van der Waals surface area contributed by atoms with Crippen molar-refractivity contribution in [2.75, 3.05) is 31.1 Å². The van der Waals surface area contributed by atoms with Crippen molar-refractivity contribution in [3.05, 3.63) is 94.9 Å². The molecule has 2 atom stereocenters. The van der Waals surface area contributed by atoms with E-state index in [-0.39, 0.29) is 22.8 Å². The Morgan fingerprint density at radius 1 is 1.05 bits per heavy atom. The van der Waals surface area contributed by atoms with Crippen molar-refractivity contribution in [1.29, 1.82) is 0 Å². The number of hydrogen-bond donors (Lipinski definition) is 3. The van der Waals surface area contributed by atoms with Gasteiger partial charge in [-0.3, -0.25) is 19.9 Å². The molecule has 0 radical (unpaired) electrons. The number of carbonyl (C=O) groups is 1. The van der Waals surface area contributed by atoms with Gasteiger partial charge in [-0.2, -0.15) is 0 Å². The van der Waals surface area contributed by atoms with E-state index in [1.165, 1.54) is 0 Å². The molecule has 0 saturated carbocycles. The Hall–Kier alpha value is -3.11. The second-order valence-electron chi connectivity index (χ2n) is 8.92. The van der Waals surface area contributed by atoms with Crippen molar-refractivity contribution in [1.82, 2.24) is 20.9 Å². The Balaban J connectivity index is 1.05. The molecule has 0 aliphatic carbocycles. The molecular formula is C29H30N4O3S2. The fraction of sp³-hybridized carbons (Fsp3) is 0.276. The predicted molar refractivity (Wildman–Crippen MR) is 156 cm³/mol. The van der Waals surface area contributed by atoms with Crippen LogP contribution in [0.1, 0.15) is 17.4 Å². The van der Waals surface area contributed by atoms with Gasteiger partial charge in [0.05, 0.1) is 22.4 Å². The molecule has 2 unspecified atom stereocenters. The lowest BCUT2D eigenvalue weighted by atomic mass is 10.1. The summed E-state index contributed by atoms with van der Waals surface area (Å²) in [6.07, 6.45) is 4.49. The fourth-order valence-corrected chi connectivity index (χ4v) is 6.51. The maximum Gasteiger partial charge on any atom is 0.238 e. The Bertz CT molecular complexity index is 1420. The van der Waals surface area contributed by atoms with Gasteiger partial charge in [0.2, 0.25) is 11.3 Å². The molecule has 1 aliphatic rings. The summed E-state index contributed by atoms with van der Waals surface area (Å²) in [5.74, 6) is 1.58. The van der Waals surface area contributed by atoms with E-state index in [0.29, 0.717) is 34.7 Å². The molecule has 5 rings (SSSR count). The summed E-state index contributed by atoms with van der Waals surface area (Å²) in [5, 5.41) is 11.1. The second-order valence-corrected chi connectivity index (χ2v) is 11.1. The summed E-state index contributed by atoms with van der Waals surface area (Å²) in [4.78, 5) is 29.9. The highest BCUT2D eigenvalue weighted by Crippen LogP contribution is 2.33. The van der Waals surface area contributed by atoms with Gasteiger partial charge in [0, 0.05) is 37.0 Å². The van der Waals surface area contributed by atoms with Crippen molar-refractivity contribution < 1.29 is 9.21 Å². The van der Waals surface area contributed by atoms with Crippen LogP contribution in [-0.2, 0) is 4.79 Å². The highest BCUT2D eigenvalue weighted by atomic mass is 32.2. The number of fused-ring (bicyclic) bond motifs is 1. The molecular weight excluding hydrogens is 516 g/mol. The first-order valence-corrected chi connectivity index (χ1v) is 14.7. The molecule has 1 fully saturated rings. The average Bonchev–Trinajstić information content (AvgIpc) is 3.46. The van der Waals surface area contributed by atoms with Crippen LogP contribution in [0.15, 0.2) is 93.4 Å². The van der Waals surface area contributed by atoms with E-state index in [2.05, 4.69) is 20.9 Å². The molecule has 9 heteroatoms. The number of pyridine rings is 1. The Morgan fingerprint density at radius 2 is 1.89 bits per heavy atom. The van der Waals surface area contributed by atoms with Crippen LogP contribution in [0.2, 0.25) is 0 Å². The van der Waals surface area contributed by atoms with Crippen LogP contribution in [-0.4, -0.2) is 48.1 Å². The zero-order valence-corrected chi connectivity index (χ0v) is 22.5. The van der Waals surface area contributed by atoms with Gasteiger partial charge in [-0.25, -0.2) is 0 Å². The van der Waals surface area contributed by atoms with E-state index < -0.39 is 0 Å². The van der Waals surface area contributed by atoms with Crippen LogP contribution in [0.5, 0.6) is 0 Å². The molecule has 0 bridgehead atoms. The minimum Gasteiger partial charge on any atom is -0.449 e. The number of benzene rings is 2. The molecule has 7 nitrogen and oxygen atoms in total. The first-order valence-electron chi connectivity index (χ1n) is 12.7. The van der Waals surface area contributed by atoms with Gasteiger partial charge in [-0.05, 0) is 42.3 Å². The van der Waals surface area contributed by atoms with Crippen LogP contribution in [0.3, 0.4) is 0 Å². The van der Waals surface area contributed by atoms with E-state index in [9.17, 15) is 9.59 Å². The molecule has 1 aliphatic heterocycles. The second kappa shape index (κ2) is 13.1. The standard InChI is InChI=1S/C29H30N4O3S2/c34-26-22-11-4-5-12-24(22)36-29(25(26)20-8-2-1-3-9-20)37-17-7-14-30-15-16-32-27(35)23-19-38-28(33-23)21-10-6-13-31-18-21/h1-6,8-13,18,23,28,30,33H,7,14-17,19H2,(H,32,35). The largest absolute Gasteiger partial charge is 0.449 e. The van der Waals surface area contributed by atoms with E-state index in [1.54, 1.807) is 29.7 Å². The Labute approximate surface area is 230 Å². The molecule has 4 aromatic rings. The molecule has 38 heavy (non-hydrogen) atoms. The van der Waals surface area contributed by atoms with Crippen molar-refractivity contribution in [3.8, 4) is 11.1 Å². The third kappa shape index (κ3) is 6.47. The summed E-state index contributed by atoms with van der Waals surface area (Å²) in [7, 11) is 0. The van der Waals surface area contributed by atoms with E-state index in [1.807, 2.05) is 72.9 Å². The van der Waals surface area contributed by atoms with E-state index in [4.69, 9.17) is 4.42 Å². The normalized spacial score (nSPS) is 17.1. The minimum absolute atomic E-state index is 0.00340. The summed E-state index contributed by atoms with van der Waals surface area (Å²) < 4.78 is 6.17. The van der Waals surface area contributed by atoms with Crippen molar-refractivity contribution in [2.24, 2.45) is 0 Å². The molecule has 0 spiro atoms. The van der Waals surface area contributed by atoms with Crippen molar-refractivity contribution in [3.63, 3.8) is 0 Å². The number of amides is 1. The quantitative estimate of drug-likeness (QED) is 0.188.